The second-order valence-electron chi connectivity index (χ2n) is 7.22. The van der Waals surface area contributed by atoms with Gasteiger partial charge >= 0.3 is 5.97 Å². The number of carboxylic acid groups (broad SMARTS) is 1. The summed E-state index contributed by atoms with van der Waals surface area (Å²) in [5.41, 5.74) is 2.16. The van der Waals surface area contributed by atoms with E-state index in [1.54, 1.807) is 0 Å². The number of carboxylic acids is 1. The van der Waals surface area contributed by atoms with Gasteiger partial charge < -0.3 is 15.7 Å². The molecule has 0 spiro atoms. The molecule has 1 aromatic carbocycles. The van der Waals surface area contributed by atoms with Crippen molar-refractivity contribution in [3.8, 4) is 0 Å². The van der Waals surface area contributed by atoms with Crippen LogP contribution in [0.25, 0.3) is 0 Å². The van der Waals surface area contributed by atoms with Crippen molar-refractivity contribution in [1.82, 2.24) is 5.32 Å². The summed E-state index contributed by atoms with van der Waals surface area (Å²) in [5.74, 6) is 0.366. The molecule has 0 heterocycles. The molecule has 2 aliphatic rings. The Kier molecular flexibility index (Phi) is 5.19. The highest BCUT2D eigenvalue weighted by molar-refractivity contribution is 5.88. The van der Waals surface area contributed by atoms with Crippen molar-refractivity contribution in [2.24, 2.45) is 11.8 Å². The summed E-state index contributed by atoms with van der Waals surface area (Å²) in [7, 11) is 0. The minimum absolute atomic E-state index is 0.0497. The maximum Gasteiger partial charge on any atom is 0.306 e. The highest BCUT2D eigenvalue weighted by Crippen LogP contribution is 2.41. The number of hydrogen-bond donors (Lipinski definition) is 3. The maximum absolute atomic E-state index is 11.0. The first-order valence-corrected chi connectivity index (χ1v) is 8.86. The minimum Gasteiger partial charge on any atom is -0.481 e. The topological polar surface area (TPSA) is 78.4 Å². The summed E-state index contributed by atoms with van der Waals surface area (Å²) in [4.78, 5) is 22.0. The molecule has 1 aromatic rings. The Morgan fingerprint density at radius 3 is 2.38 bits per heavy atom. The number of benzene rings is 1. The number of rotatable bonds is 6. The van der Waals surface area contributed by atoms with Gasteiger partial charge in [-0.1, -0.05) is 12.1 Å². The molecule has 130 valence electrons. The molecule has 3 rings (SSSR count). The fraction of sp³-hybridized carbons (Fsp3) is 0.579. The van der Waals surface area contributed by atoms with Gasteiger partial charge in [0.1, 0.15) is 0 Å². The fourth-order valence-corrected chi connectivity index (χ4v) is 3.74. The summed E-state index contributed by atoms with van der Waals surface area (Å²) in [5, 5.41) is 15.5. The summed E-state index contributed by atoms with van der Waals surface area (Å²) in [6, 6.07) is 8.64. The summed E-state index contributed by atoms with van der Waals surface area (Å²) >= 11 is 0. The van der Waals surface area contributed by atoms with E-state index in [9.17, 15) is 9.59 Å². The summed E-state index contributed by atoms with van der Waals surface area (Å²) < 4.78 is 0. The van der Waals surface area contributed by atoms with Crippen molar-refractivity contribution in [2.75, 3.05) is 11.9 Å². The molecule has 0 bridgehead atoms. The van der Waals surface area contributed by atoms with Crippen LogP contribution in [-0.2, 0) is 9.59 Å². The van der Waals surface area contributed by atoms with Crippen LogP contribution >= 0.6 is 0 Å². The summed E-state index contributed by atoms with van der Waals surface area (Å²) in [6.45, 7) is 2.51. The molecular weight excluding hydrogens is 304 g/mol. The van der Waals surface area contributed by atoms with E-state index in [0.717, 1.165) is 44.3 Å². The molecule has 0 aromatic heterocycles. The standard InChI is InChI=1S/C19H26N2O3/c1-12(22)21-16-8-6-14(7-9-16)17-10-18(17)20-11-13-2-4-15(5-3-13)19(23)24/h6-9,13,15,17-18,20H,2-5,10-11H2,1H3,(H,21,22)(H,23,24)/t13-,15-,17-,18+/m0/s1. The van der Waals surface area contributed by atoms with Crippen molar-refractivity contribution in [2.45, 2.75) is 51.0 Å². The van der Waals surface area contributed by atoms with Gasteiger partial charge in [-0.3, -0.25) is 9.59 Å². The van der Waals surface area contributed by atoms with Crippen LogP contribution in [-0.4, -0.2) is 29.6 Å². The lowest BCUT2D eigenvalue weighted by atomic mass is 9.82. The first kappa shape index (κ1) is 17.0. The number of nitrogens with one attached hydrogen (secondary N) is 2. The van der Waals surface area contributed by atoms with Gasteiger partial charge in [0.25, 0.3) is 0 Å². The van der Waals surface area contributed by atoms with E-state index in [0.29, 0.717) is 17.9 Å². The van der Waals surface area contributed by atoms with Crippen LogP contribution in [0.2, 0.25) is 0 Å². The Hall–Kier alpha value is -1.88. The average molecular weight is 330 g/mol. The lowest BCUT2D eigenvalue weighted by Gasteiger charge is -2.26. The lowest BCUT2D eigenvalue weighted by molar-refractivity contribution is -0.143. The second-order valence-corrected chi connectivity index (χ2v) is 7.22. The van der Waals surface area contributed by atoms with Crippen molar-refractivity contribution in [3.63, 3.8) is 0 Å². The highest BCUT2D eigenvalue weighted by Gasteiger charge is 2.38. The van der Waals surface area contributed by atoms with Gasteiger partial charge in [-0.2, -0.15) is 0 Å². The quantitative estimate of drug-likeness (QED) is 0.749. The van der Waals surface area contributed by atoms with Gasteiger partial charge in [-0.15, -0.1) is 0 Å². The molecule has 5 nitrogen and oxygen atoms in total. The second kappa shape index (κ2) is 7.34. The number of anilines is 1. The Balaban J connectivity index is 1.40. The first-order valence-electron chi connectivity index (χ1n) is 8.86. The predicted molar refractivity (Wildman–Crippen MR) is 93.0 cm³/mol. The molecule has 0 unspecified atom stereocenters. The molecule has 2 atom stereocenters. The van der Waals surface area contributed by atoms with Gasteiger partial charge in [-0.05, 0) is 62.3 Å². The van der Waals surface area contributed by atoms with Crippen LogP contribution in [0.5, 0.6) is 0 Å². The van der Waals surface area contributed by atoms with Gasteiger partial charge in [0, 0.05) is 24.6 Å². The highest BCUT2D eigenvalue weighted by atomic mass is 16.4. The molecule has 0 radical (unpaired) electrons. The van der Waals surface area contributed by atoms with Crippen LogP contribution in [0.1, 0.15) is 50.5 Å². The monoisotopic (exact) mass is 330 g/mol. The number of aliphatic carboxylic acids is 1. The smallest absolute Gasteiger partial charge is 0.306 e. The molecule has 2 aliphatic carbocycles. The van der Waals surface area contributed by atoms with Gasteiger partial charge in [0.2, 0.25) is 5.91 Å². The Morgan fingerprint density at radius 1 is 1.12 bits per heavy atom. The van der Waals surface area contributed by atoms with Crippen molar-refractivity contribution < 1.29 is 14.7 Å². The van der Waals surface area contributed by atoms with E-state index >= 15 is 0 Å². The van der Waals surface area contributed by atoms with Crippen LogP contribution in [0, 0.1) is 11.8 Å². The Labute approximate surface area is 142 Å². The van der Waals surface area contributed by atoms with Crippen LogP contribution in [0.3, 0.4) is 0 Å². The van der Waals surface area contributed by atoms with Crippen LogP contribution in [0.4, 0.5) is 5.69 Å². The Bertz CT molecular complexity index is 591. The van der Waals surface area contributed by atoms with E-state index in [1.165, 1.54) is 12.5 Å². The molecule has 1 amide bonds. The molecule has 0 saturated heterocycles. The first-order chi connectivity index (χ1) is 11.5. The van der Waals surface area contributed by atoms with Gasteiger partial charge in [-0.25, -0.2) is 0 Å². The molecule has 0 aliphatic heterocycles. The molecule has 2 fully saturated rings. The average Bonchev–Trinajstić information content (AvgIpc) is 3.33. The molecular formula is C19H26N2O3. The normalized spacial score (nSPS) is 29.0. The third-order valence-electron chi connectivity index (χ3n) is 5.31. The lowest BCUT2D eigenvalue weighted by Crippen LogP contribution is -2.30. The van der Waals surface area contributed by atoms with Gasteiger partial charge in [0.05, 0.1) is 5.92 Å². The zero-order valence-corrected chi connectivity index (χ0v) is 14.1. The van der Waals surface area contributed by atoms with Crippen LogP contribution in [0.15, 0.2) is 24.3 Å². The SMILES string of the molecule is CC(=O)Nc1ccc([C@@H]2C[C@H]2NC[C@H]2CC[C@H](C(=O)O)CC2)cc1. The van der Waals surface area contributed by atoms with Crippen LogP contribution < -0.4 is 10.6 Å². The maximum atomic E-state index is 11.0. The van der Waals surface area contributed by atoms with Crippen molar-refractivity contribution in [3.05, 3.63) is 29.8 Å². The largest absolute Gasteiger partial charge is 0.481 e. The minimum atomic E-state index is -0.633. The number of carbonyl (C=O) groups is 2. The number of hydrogen-bond acceptors (Lipinski definition) is 3. The van der Waals surface area contributed by atoms with E-state index in [-0.39, 0.29) is 11.8 Å². The number of amides is 1. The third kappa shape index (κ3) is 4.35. The van der Waals surface area contributed by atoms with E-state index in [4.69, 9.17) is 5.11 Å². The Morgan fingerprint density at radius 2 is 1.79 bits per heavy atom. The van der Waals surface area contributed by atoms with E-state index in [1.807, 2.05) is 12.1 Å². The molecule has 2 saturated carbocycles. The fourth-order valence-electron chi connectivity index (χ4n) is 3.74. The predicted octanol–water partition coefficient (Wildman–Crippen LogP) is 2.98. The zero-order chi connectivity index (χ0) is 17.1. The van der Waals surface area contributed by atoms with E-state index < -0.39 is 5.97 Å². The van der Waals surface area contributed by atoms with E-state index in [2.05, 4.69) is 22.8 Å². The molecule has 5 heteroatoms. The number of carbonyl (C=O) groups excluding carboxylic acids is 1. The summed E-state index contributed by atoms with van der Waals surface area (Å²) in [6.07, 6.45) is 4.84. The zero-order valence-electron chi connectivity index (χ0n) is 14.1. The van der Waals surface area contributed by atoms with Crippen molar-refractivity contribution in [1.29, 1.82) is 0 Å². The molecule has 3 N–H and O–H groups in total. The molecule has 24 heavy (non-hydrogen) atoms. The van der Waals surface area contributed by atoms with Crippen molar-refractivity contribution >= 4 is 17.6 Å². The van der Waals surface area contributed by atoms with Gasteiger partial charge in [0.15, 0.2) is 0 Å². The third-order valence-corrected chi connectivity index (χ3v) is 5.31.